The van der Waals surface area contributed by atoms with Crippen LogP contribution in [0.2, 0.25) is 0 Å². The van der Waals surface area contributed by atoms with Crippen molar-refractivity contribution in [3.63, 3.8) is 0 Å². The Morgan fingerprint density at radius 2 is 1.83 bits per heavy atom. The summed E-state index contributed by atoms with van der Waals surface area (Å²) in [6, 6.07) is 10.9. The molecule has 3 atom stereocenters. The Labute approximate surface area is 169 Å². The van der Waals surface area contributed by atoms with Crippen LogP contribution in [0.5, 0.6) is 0 Å². The first-order chi connectivity index (χ1) is 14.2. The number of hydrogen-bond donors (Lipinski definition) is 3. The van der Waals surface area contributed by atoms with Crippen molar-refractivity contribution < 1.29 is 22.8 Å². The first kappa shape index (κ1) is 19.9. The molecule has 0 aliphatic heterocycles. The van der Waals surface area contributed by atoms with Crippen LogP contribution in [0.25, 0.3) is 11.0 Å². The van der Waals surface area contributed by atoms with E-state index in [1.54, 1.807) is 0 Å². The Bertz CT molecular complexity index is 1060. The maximum atomic E-state index is 12.6. The number of alkyl halides is 3. The molecule has 1 heterocycles. The number of nitrogens with one attached hydrogen (secondary N) is 3. The van der Waals surface area contributed by atoms with Crippen molar-refractivity contribution in [2.24, 2.45) is 5.92 Å². The van der Waals surface area contributed by atoms with Crippen LogP contribution in [0.3, 0.4) is 0 Å². The Morgan fingerprint density at radius 3 is 2.50 bits per heavy atom. The maximum Gasteiger partial charge on any atom is 0.416 e. The summed E-state index contributed by atoms with van der Waals surface area (Å²) in [4.78, 5) is 32.5. The van der Waals surface area contributed by atoms with Crippen LogP contribution in [0.15, 0.2) is 48.5 Å². The fraction of sp³-hybridized carbons (Fsp3) is 0.286. The van der Waals surface area contributed by atoms with Gasteiger partial charge in [-0.2, -0.15) is 13.2 Å². The van der Waals surface area contributed by atoms with Crippen molar-refractivity contribution >= 4 is 28.5 Å². The number of benzene rings is 2. The van der Waals surface area contributed by atoms with Gasteiger partial charge in [0.15, 0.2) is 0 Å². The molecule has 3 unspecified atom stereocenters. The van der Waals surface area contributed by atoms with E-state index in [0.29, 0.717) is 6.42 Å². The van der Waals surface area contributed by atoms with Gasteiger partial charge in [-0.05, 0) is 49.7 Å². The molecule has 9 heteroatoms. The number of anilines is 1. The highest BCUT2D eigenvalue weighted by atomic mass is 19.4. The van der Waals surface area contributed by atoms with Crippen LogP contribution >= 0.6 is 0 Å². The lowest BCUT2D eigenvalue weighted by Gasteiger charge is -2.14. The Balaban J connectivity index is 1.32. The van der Waals surface area contributed by atoms with Crippen molar-refractivity contribution in [1.29, 1.82) is 0 Å². The highest BCUT2D eigenvalue weighted by molar-refractivity contribution is 5.97. The van der Waals surface area contributed by atoms with Crippen molar-refractivity contribution in [2.45, 2.75) is 31.5 Å². The molecule has 6 nitrogen and oxygen atoms in total. The molecule has 1 fully saturated rings. The minimum absolute atomic E-state index is 0.0254. The van der Waals surface area contributed by atoms with Gasteiger partial charge in [0.05, 0.1) is 16.6 Å². The van der Waals surface area contributed by atoms with Gasteiger partial charge in [-0.3, -0.25) is 9.59 Å². The maximum absolute atomic E-state index is 12.6. The van der Waals surface area contributed by atoms with Crippen LogP contribution in [-0.4, -0.2) is 27.8 Å². The average Bonchev–Trinajstić information content (AvgIpc) is 3.39. The quantitative estimate of drug-likeness (QED) is 0.591. The molecule has 156 valence electrons. The highest BCUT2D eigenvalue weighted by Crippen LogP contribution is 2.46. The zero-order chi connectivity index (χ0) is 21.5. The van der Waals surface area contributed by atoms with Crippen LogP contribution in [0.1, 0.15) is 30.7 Å². The third kappa shape index (κ3) is 4.14. The zero-order valence-corrected chi connectivity index (χ0v) is 16.0. The van der Waals surface area contributed by atoms with E-state index >= 15 is 0 Å². The fourth-order valence-electron chi connectivity index (χ4n) is 3.31. The second kappa shape index (κ2) is 7.47. The van der Waals surface area contributed by atoms with Gasteiger partial charge in [0.25, 0.3) is 0 Å². The minimum atomic E-state index is -4.44. The van der Waals surface area contributed by atoms with Gasteiger partial charge in [0.1, 0.15) is 11.9 Å². The van der Waals surface area contributed by atoms with E-state index in [-0.39, 0.29) is 23.4 Å². The van der Waals surface area contributed by atoms with E-state index in [1.165, 1.54) is 19.1 Å². The summed E-state index contributed by atoms with van der Waals surface area (Å²) in [6.07, 6.45) is -3.80. The molecule has 0 spiro atoms. The van der Waals surface area contributed by atoms with E-state index < -0.39 is 23.7 Å². The van der Waals surface area contributed by atoms with E-state index in [2.05, 4.69) is 20.6 Å². The summed E-state index contributed by atoms with van der Waals surface area (Å²) in [5.41, 5.74) is 1.17. The lowest BCUT2D eigenvalue weighted by molar-refractivity contribution is -0.137. The van der Waals surface area contributed by atoms with Crippen LogP contribution in [0, 0.1) is 5.92 Å². The molecule has 1 aromatic heterocycles. The summed E-state index contributed by atoms with van der Waals surface area (Å²) >= 11 is 0. The molecule has 2 aromatic carbocycles. The van der Waals surface area contributed by atoms with E-state index in [4.69, 9.17) is 0 Å². The third-order valence-corrected chi connectivity index (χ3v) is 5.12. The molecule has 1 aliphatic rings. The number of carbonyl (C=O) groups is 2. The van der Waals surface area contributed by atoms with Gasteiger partial charge >= 0.3 is 6.18 Å². The molecule has 1 aliphatic carbocycles. The molecule has 2 amide bonds. The number of carbonyl (C=O) groups excluding carboxylic acids is 2. The van der Waals surface area contributed by atoms with Gasteiger partial charge in [0.2, 0.25) is 11.8 Å². The second-order valence-corrected chi connectivity index (χ2v) is 7.38. The lowest BCUT2D eigenvalue weighted by Crippen LogP contribution is -2.42. The van der Waals surface area contributed by atoms with Gasteiger partial charge in [0, 0.05) is 17.5 Å². The first-order valence-electron chi connectivity index (χ1n) is 9.45. The average molecular weight is 416 g/mol. The molecule has 1 saturated carbocycles. The third-order valence-electron chi connectivity index (χ3n) is 5.12. The Hall–Kier alpha value is -3.36. The number of aromatic nitrogens is 2. The van der Waals surface area contributed by atoms with E-state index in [1.807, 2.05) is 24.3 Å². The molecule has 3 N–H and O–H groups in total. The predicted molar refractivity (Wildman–Crippen MR) is 105 cm³/mol. The minimum Gasteiger partial charge on any atom is -0.344 e. The number of halogens is 3. The molecular weight excluding hydrogens is 397 g/mol. The van der Waals surface area contributed by atoms with Gasteiger partial charge in [-0.1, -0.05) is 12.1 Å². The van der Waals surface area contributed by atoms with Crippen LogP contribution in [0.4, 0.5) is 18.9 Å². The number of para-hydroxylation sites is 2. The Kier molecular flexibility index (Phi) is 4.97. The molecule has 0 radical (unpaired) electrons. The van der Waals surface area contributed by atoms with E-state index in [0.717, 1.165) is 29.0 Å². The van der Waals surface area contributed by atoms with Crippen LogP contribution < -0.4 is 10.6 Å². The van der Waals surface area contributed by atoms with Crippen molar-refractivity contribution in [2.75, 3.05) is 5.32 Å². The summed E-state index contributed by atoms with van der Waals surface area (Å²) in [6.45, 7) is 1.52. The molecule has 3 aromatic rings. The predicted octanol–water partition coefficient (Wildman–Crippen LogP) is 3.83. The molecule has 0 bridgehead atoms. The normalized spacial score (nSPS) is 19.3. The number of amides is 2. The summed E-state index contributed by atoms with van der Waals surface area (Å²) < 4.78 is 37.8. The number of aromatic amines is 1. The monoisotopic (exact) mass is 416 g/mol. The number of imidazole rings is 1. The van der Waals surface area contributed by atoms with Gasteiger partial charge < -0.3 is 15.6 Å². The van der Waals surface area contributed by atoms with Gasteiger partial charge in [-0.25, -0.2) is 4.98 Å². The molecule has 30 heavy (non-hydrogen) atoms. The highest BCUT2D eigenvalue weighted by Gasteiger charge is 2.46. The van der Waals surface area contributed by atoms with Crippen molar-refractivity contribution in [1.82, 2.24) is 15.3 Å². The summed E-state index contributed by atoms with van der Waals surface area (Å²) in [7, 11) is 0. The Morgan fingerprint density at radius 1 is 1.13 bits per heavy atom. The second-order valence-electron chi connectivity index (χ2n) is 7.38. The number of fused-ring (bicyclic) bond motifs is 1. The van der Waals surface area contributed by atoms with Crippen LogP contribution in [-0.2, 0) is 15.8 Å². The van der Waals surface area contributed by atoms with Crippen molar-refractivity contribution in [3.8, 4) is 0 Å². The smallest absolute Gasteiger partial charge is 0.344 e. The number of rotatable bonds is 5. The van der Waals surface area contributed by atoms with E-state index in [9.17, 15) is 22.8 Å². The fourth-order valence-corrected chi connectivity index (χ4v) is 3.31. The number of nitrogens with zero attached hydrogens (tertiary/aromatic N) is 1. The lowest BCUT2D eigenvalue weighted by atomic mass is 10.2. The molecular formula is C21H19F3N4O2. The summed E-state index contributed by atoms with van der Waals surface area (Å²) in [5.74, 6) is -0.313. The van der Waals surface area contributed by atoms with Crippen molar-refractivity contribution in [3.05, 3.63) is 59.9 Å². The number of hydrogen-bond acceptors (Lipinski definition) is 3. The first-order valence-corrected chi connectivity index (χ1v) is 9.45. The SMILES string of the molecule is CC(NC(=O)C1CC1c1nc2ccccc2[nH]1)C(=O)Nc1ccc(C(F)(F)F)cc1. The molecule has 4 rings (SSSR count). The standard InChI is InChI=1S/C21H19F3N4O2/c1-11(19(29)26-13-8-6-12(7-9-13)21(22,23)24)25-20(30)15-10-14(15)18-27-16-4-2-3-5-17(16)28-18/h2-9,11,14-15H,10H2,1H3,(H,25,30)(H,26,29)(H,27,28). The topological polar surface area (TPSA) is 86.9 Å². The summed E-state index contributed by atoms with van der Waals surface area (Å²) in [5, 5.41) is 5.16. The van der Waals surface area contributed by atoms with Gasteiger partial charge in [-0.15, -0.1) is 0 Å². The molecule has 0 saturated heterocycles. The zero-order valence-electron chi connectivity index (χ0n) is 16.0. The largest absolute Gasteiger partial charge is 0.416 e. The number of H-pyrrole nitrogens is 1.